The molecule has 6 heteroatoms. The lowest BCUT2D eigenvalue weighted by molar-refractivity contribution is -0.143. The third-order valence-electron chi connectivity index (χ3n) is 1.10. The van der Waals surface area contributed by atoms with Gasteiger partial charge in [0.25, 0.3) is 0 Å². The van der Waals surface area contributed by atoms with Gasteiger partial charge in [-0.15, -0.1) is 12.6 Å². The van der Waals surface area contributed by atoms with E-state index in [0.29, 0.717) is 0 Å². The van der Waals surface area contributed by atoms with Crippen LogP contribution in [0.1, 0.15) is 5.69 Å². The Kier molecular flexibility index (Phi) is 2.53. The number of hydrogen-bond acceptors (Lipinski definition) is 2. The lowest BCUT2D eigenvalue weighted by Gasteiger charge is -2.07. The molecular weight excluding hydrogens is 211 g/mol. The lowest BCUT2D eigenvalue weighted by Crippen LogP contribution is -2.08. The number of halogens is 4. The number of thiol groups is 1. The van der Waals surface area contributed by atoms with Crippen LogP contribution in [0.5, 0.6) is 0 Å². The maximum Gasteiger partial charge on any atom is 0.434 e. The predicted molar refractivity (Wildman–Crippen MR) is 41.5 cm³/mol. The van der Waals surface area contributed by atoms with Crippen LogP contribution >= 0.6 is 24.2 Å². The maximum absolute atomic E-state index is 12.0. The summed E-state index contributed by atoms with van der Waals surface area (Å²) in [5, 5.41) is 0.132. The first-order valence-electron chi connectivity index (χ1n) is 2.83. The molecule has 1 heterocycles. The minimum absolute atomic E-state index is 0.132. The highest BCUT2D eigenvalue weighted by Gasteiger charge is 2.34. The van der Waals surface area contributed by atoms with Crippen molar-refractivity contribution in [3.63, 3.8) is 0 Å². The molecule has 0 spiro atoms. The molecule has 1 nitrogen and oxygen atoms in total. The molecule has 0 atom stereocenters. The molecule has 0 N–H and O–H groups in total. The zero-order valence-corrected chi connectivity index (χ0v) is 7.21. The van der Waals surface area contributed by atoms with Crippen molar-refractivity contribution in [2.75, 3.05) is 0 Å². The van der Waals surface area contributed by atoms with Crippen LogP contribution < -0.4 is 0 Å². The number of hydrogen-bond donors (Lipinski definition) is 1. The summed E-state index contributed by atoms with van der Waals surface area (Å²) >= 11 is 8.98. The molecule has 1 rings (SSSR count). The Bertz CT molecular complexity index is 299. The third kappa shape index (κ3) is 2.04. The molecule has 0 radical (unpaired) electrons. The summed E-state index contributed by atoms with van der Waals surface area (Å²) in [7, 11) is 0. The largest absolute Gasteiger partial charge is 0.434 e. The highest BCUT2D eigenvalue weighted by molar-refractivity contribution is 7.80. The molecule has 0 amide bonds. The second-order valence-electron chi connectivity index (χ2n) is 2.02. The van der Waals surface area contributed by atoms with Gasteiger partial charge in [-0.1, -0.05) is 11.6 Å². The number of alkyl halides is 3. The molecule has 12 heavy (non-hydrogen) atoms. The van der Waals surface area contributed by atoms with Crippen LogP contribution in [0, 0.1) is 0 Å². The molecule has 0 fully saturated rings. The molecule has 0 aliphatic rings. The van der Waals surface area contributed by atoms with Crippen molar-refractivity contribution >= 4 is 24.2 Å². The second-order valence-corrected chi connectivity index (χ2v) is 2.94. The summed E-state index contributed by atoms with van der Waals surface area (Å²) in [5.74, 6) is 0. The van der Waals surface area contributed by atoms with Crippen LogP contribution in [-0.4, -0.2) is 4.98 Å². The van der Waals surface area contributed by atoms with E-state index in [1.165, 1.54) is 0 Å². The zero-order chi connectivity index (χ0) is 9.35. The van der Waals surface area contributed by atoms with Crippen LogP contribution in [0.3, 0.4) is 0 Å². The molecule has 0 aliphatic carbocycles. The van der Waals surface area contributed by atoms with Crippen LogP contribution in [-0.2, 0) is 6.18 Å². The van der Waals surface area contributed by atoms with Gasteiger partial charge < -0.3 is 0 Å². The molecule has 0 saturated carbocycles. The number of aromatic nitrogens is 1. The molecule has 1 aromatic rings. The van der Waals surface area contributed by atoms with Gasteiger partial charge in [0, 0.05) is 11.1 Å². The van der Waals surface area contributed by atoms with Crippen molar-refractivity contribution in [1.82, 2.24) is 4.98 Å². The smallest absolute Gasteiger partial charge is 0.249 e. The Morgan fingerprint density at radius 1 is 1.42 bits per heavy atom. The van der Waals surface area contributed by atoms with Gasteiger partial charge in [-0.05, 0) is 6.07 Å². The summed E-state index contributed by atoms with van der Waals surface area (Å²) < 4.78 is 36.1. The van der Waals surface area contributed by atoms with Gasteiger partial charge in [-0.2, -0.15) is 13.2 Å². The van der Waals surface area contributed by atoms with Gasteiger partial charge >= 0.3 is 6.18 Å². The summed E-state index contributed by atoms with van der Waals surface area (Å²) in [6.45, 7) is 0. The van der Waals surface area contributed by atoms with Gasteiger partial charge in [0.2, 0.25) is 0 Å². The van der Waals surface area contributed by atoms with Crippen LogP contribution in [0.25, 0.3) is 0 Å². The molecular formula is C6H3ClF3NS. The Balaban J connectivity index is 3.19. The fourth-order valence-electron chi connectivity index (χ4n) is 0.647. The summed E-state index contributed by atoms with van der Waals surface area (Å²) in [6.07, 6.45) is -3.54. The first kappa shape index (κ1) is 9.67. The summed E-state index contributed by atoms with van der Waals surface area (Å²) in [5.41, 5.74) is -1.02. The summed E-state index contributed by atoms with van der Waals surface area (Å²) in [6, 6.07) is 1.10. The quantitative estimate of drug-likeness (QED) is 0.654. The Morgan fingerprint density at radius 2 is 2.00 bits per heavy atom. The van der Waals surface area contributed by atoms with Crippen molar-refractivity contribution in [2.45, 2.75) is 11.1 Å². The van der Waals surface area contributed by atoms with E-state index in [0.717, 1.165) is 12.3 Å². The molecule has 0 aromatic carbocycles. The number of pyridine rings is 1. The van der Waals surface area contributed by atoms with Crippen LogP contribution in [0.15, 0.2) is 17.2 Å². The van der Waals surface area contributed by atoms with E-state index in [4.69, 9.17) is 11.6 Å². The van der Waals surface area contributed by atoms with Crippen molar-refractivity contribution in [3.05, 3.63) is 23.0 Å². The van der Waals surface area contributed by atoms with E-state index in [1.54, 1.807) is 0 Å². The second kappa shape index (κ2) is 3.14. The molecule has 0 aliphatic heterocycles. The van der Waals surface area contributed by atoms with E-state index in [-0.39, 0.29) is 9.92 Å². The van der Waals surface area contributed by atoms with E-state index in [9.17, 15) is 13.2 Å². The number of rotatable bonds is 0. The average Bonchev–Trinajstić information content (AvgIpc) is 1.83. The molecule has 66 valence electrons. The first-order valence-corrected chi connectivity index (χ1v) is 3.65. The maximum atomic E-state index is 12.0. The van der Waals surface area contributed by atoms with E-state index in [2.05, 4.69) is 17.6 Å². The normalized spacial score (nSPS) is 11.8. The van der Waals surface area contributed by atoms with Gasteiger partial charge in [0.05, 0.1) is 5.02 Å². The SMILES string of the molecule is FC(F)(F)c1ncc(Cl)cc1S. The molecule has 0 bridgehead atoms. The van der Waals surface area contributed by atoms with Gasteiger partial charge in [-0.25, -0.2) is 4.98 Å². The van der Waals surface area contributed by atoms with Gasteiger partial charge in [0.1, 0.15) is 0 Å². The Morgan fingerprint density at radius 3 is 2.42 bits per heavy atom. The molecule has 0 unspecified atom stereocenters. The first-order chi connectivity index (χ1) is 5.41. The van der Waals surface area contributed by atoms with Crippen LogP contribution in [0.4, 0.5) is 13.2 Å². The van der Waals surface area contributed by atoms with Crippen molar-refractivity contribution < 1.29 is 13.2 Å². The third-order valence-corrected chi connectivity index (χ3v) is 1.65. The van der Waals surface area contributed by atoms with E-state index >= 15 is 0 Å². The van der Waals surface area contributed by atoms with Gasteiger partial charge in [0.15, 0.2) is 5.69 Å². The predicted octanol–water partition coefficient (Wildman–Crippen LogP) is 3.04. The Labute approximate surface area is 77.0 Å². The van der Waals surface area contributed by atoms with Gasteiger partial charge in [-0.3, -0.25) is 0 Å². The molecule has 1 aromatic heterocycles. The van der Waals surface area contributed by atoms with E-state index < -0.39 is 11.9 Å². The van der Waals surface area contributed by atoms with Crippen molar-refractivity contribution in [2.24, 2.45) is 0 Å². The highest BCUT2D eigenvalue weighted by Crippen LogP contribution is 2.32. The topological polar surface area (TPSA) is 12.9 Å². The minimum atomic E-state index is -4.47. The lowest BCUT2D eigenvalue weighted by atomic mass is 10.3. The van der Waals surface area contributed by atoms with Crippen molar-refractivity contribution in [3.8, 4) is 0 Å². The zero-order valence-electron chi connectivity index (χ0n) is 5.56. The highest BCUT2D eigenvalue weighted by atomic mass is 35.5. The fourth-order valence-corrected chi connectivity index (χ4v) is 1.20. The Hall–Kier alpha value is -0.420. The number of nitrogens with zero attached hydrogens (tertiary/aromatic N) is 1. The fraction of sp³-hybridized carbons (Fsp3) is 0.167. The minimum Gasteiger partial charge on any atom is -0.249 e. The van der Waals surface area contributed by atoms with Crippen LogP contribution in [0.2, 0.25) is 5.02 Å². The standard InChI is InChI=1S/C6H3ClF3NS/c7-3-1-4(12)5(11-2-3)6(8,9)10/h1-2,12H. The van der Waals surface area contributed by atoms with E-state index in [1.807, 2.05) is 0 Å². The summed E-state index contributed by atoms with van der Waals surface area (Å²) in [4.78, 5) is 2.85. The average molecular weight is 214 g/mol. The monoisotopic (exact) mass is 213 g/mol. The molecule has 0 saturated heterocycles. The van der Waals surface area contributed by atoms with Crippen molar-refractivity contribution in [1.29, 1.82) is 0 Å².